The summed E-state index contributed by atoms with van der Waals surface area (Å²) in [6, 6.07) is 9.93. The lowest BCUT2D eigenvalue weighted by atomic mass is 9.98. The second-order valence-electron chi connectivity index (χ2n) is 6.33. The Balaban J connectivity index is 1.75. The Hall–Kier alpha value is -1.70. The Kier molecular flexibility index (Phi) is 5.27. The topological polar surface area (TPSA) is 66.5 Å². The molecule has 25 heavy (non-hydrogen) atoms. The number of aryl methyl sites for hydroxylation is 2. The quantitative estimate of drug-likeness (QED) is 0.870. The first-order valence-corrected chi connectivity index (χ1v) is 11.0. The standard InChI is InChI=1S/C18H22N2O3S2/c1-13-5-3-6-14-7-4-12-20(17(13)14)18(21)16-9-8-15(24-16)10-11-19-25(2,22)23/h3,5-6,8-9,19H,4,7,10-12H2,1-2H3. The monoisotopic (exact) mass is 378 g/mol. The average Bonchev–Trinajstić information content (AvgIpc) is 3.01. The van der Waals surface area contributed by atoms with Crippen molar-refractivity contribution >= 4 is 33.0 Å². The van der Waals surface area contributed by atoms with Crippen LogP contribution in [0.1, 0.15) is 32.1 Å². The van der Waals surface area contributed by atoms with Crippen LogP contribution < -0.4 is 9.62 Å². The summed E-state index contributed by atoms with van der Waals surface area (Å²) in [7, 11) is -3.18. The Morgan fingerprint density at radius 1 is 1.28 bits per heavy atom. The summed E-state index contributed by atoms with van der Waals surface area (Å²) < 4.78 is 24.7. The molecule has 0 bridgehead atoms. The molecular weight excluding hydrogens is 356 g/mol. The number of nitrogens with one attached hydrogen (secondary N) is 1. The number of rotatable bonds is 5. The van der Waals surface area contributed by atoms with Crippen molar-refractivity contribution in [3.63, 3.8) is 0 Å². The molecule has 1 aromatic heterocycles. The van der Waals surface area contributed by atoms with E-state index in [1.54, 1.807) is 0 Å². The SMILES string of the molecule is Cc1cccc2c1N(C(=O)c1ccc(CCNS(C)(=O)=O)s1)CCC2. The van der Waals surface area contributed by atoms with Gasteiger partial charge in [0.1, 0.15) is 0 Å². The number of hydrogen-bond acceptors (Lipinski definition) is 4. The number of fused-ring (bicyclic) bond motifs is 1. The molecule has 5 nitrogen and oxygen atoms in total. The fourth-order valence-corrected chi connectivity index (χ4v) is 4.60. The molecule has 0 aliphatic carbocycles. The summed E-state index contributed by atoms with van der Waals surface area (Å²) in [6.45, 7) is 3.12. The maximum atomic E-state index is 13.0. The second kappa shape index (κ2) is 7.27. The van der Waals surface area contributed by atoms with Gasteiger partial charge in [0.15, 0.2) is 0 Å². The van der Waals surface area contributed by atoms with Gasteiger partial charge >= 0.3 is 0 Å². The predicted molar refractivity (Wildman–Crippen MR) is 102 cm³/mol. The third-order valence-corrected chi connectivity index (χ3v) is 6.13. The van der Waals surface area contributed by atoms with Gasteiger partial charge in [-0.1, -0.05) is 18.2 Å². The maximum Gasteiger partial charge on any atom is 0.268 e. The molecule has 134 valence electrons. The van der Waals surface area contributed by atoms with Gasteiger partial charge in [-0.2, -0.15) is 0 Å². The Labute approximate surface area is 152 Å². The highest BCUT2D eigenvalue weighted by molar-refractivity contribution is 7.88. The molecule has 0 radical (unpaired) electrons. The van der Waals surface area contributed by atoms with Crippen molar-refractivity contribution in [2.24, 2.45) is 0 Å². The highest BCUT2D eigenvalue weighted by Crippen LogP contribution is 2.32. The van der Waals surface area contributed by atoms with Gasteiger partial charge in [-0.25, -0.2) is 13.1 Å². The third-order valence-electron chi connectivity index (χ3n) is 4.27. The summed E-state index contributed by atoms with van der Waals surface area (Å²) in [5.74, 6) is 0.0302. The first-order valence-electron chi connectivity index (χ1n) is 8.29. The molecule has 0 spiro atoms. The molecule has 1 amide bonds. The number of thiophene rings is 1. The molecular formula is C18H22N2O3S2. The Morgan fingerprint density at radius 3 is 2.84 bits per heavy atom. The highest BCUT2D eigenvalue weighted by atomic mass is 32.2. The minimum Gasteiger partial charge on any atom is -0.307 e. The van der Waals surface area contributed by atoms with Crippen LogP contribution in [0.25, 0.3) is 0 Å². The minimum atomic E-state index is -3.18. The van der Waals surface area contributed by atoms with Crippen molar-refractivity contribution in [1.82, 2.24) is 4.72 Å². The molecule has 3 rings (SSSR count). The summed E-state index contributed by atoms with van der Waals surface area (Å²) in [4.78, 5) is 16.6. The van der Waals surface area contributed by atoms with E-state index in [0.717, 1.165) is 41.8 Å². The number of sulfonamides is 1. The van der Waals surface area contributed by atoms with Crippen molar-refractivity contribution in [3.05, 3.63) is 51.2 Å². The molecule has 2 heterocycles. The van der Waals surface area contributed by atoms with Crippen LogP contribution in [-0.2, 0) is 22.9 Å². The molecule has 1 aliphatic heterocycles. The highest BCUT2D eigenvalue weighted by Gasteiger charge is 2.25. The number of para-hydroxylation sites is 1. The number of carbonyl (C=O) groups excluding carboxylic acids is 1. The number of amides is 1. The smallest absolute Gasteiger partial charge is 0.268 e. The Bertz CT molecular complexity index is 887. The van der Waals surface area contributed by atoms with Gasteiger partial charge in [-0.05, 0) is 49.4 Å². The van der Waals surface area contributed by atoms with Crippen molar-refractivity contribution in [2.45, 2.75) is 26.2 Å². The van der Waals surface area contributed by atoms with Gasteiger partial charge < -0.3 is 4.90 Å². The molecule has 1 aliphatic rings. The van der Waals surface area contributed by atoms with Crippen molar-refractivity contribution in [2.75, 3.05) is 24.2 Å². The first-order chi connectivity index (χ1) is 11.8. The van der Waals surface area contributed by atoms with E-state index in [0.29, 0.717) is 17.8 Å². The number of hydrogen-bond donors (Lipinski definition) is 1. The lowest BCUT2D eigenvalue weighted by molar-refractivity contribution is 0.0989. The molecule has 2 aromatic rings. The lowest BCUT2D eigenvalue weighted by Gasteiger charge is -2.30. The number of anilines is 1. The molecule has 0 atom stereocenters. The van der Waals surface area contributed by atoms with Gasteiger partial charge in [0.2, 0.25) is 10.0 Å². The van der Waals surface area contributed by atoms with E-state index in [1.807, 2.05) is 36.1 Å². The van der Waals surface area contributed by atoms with E-state index >= 15 is 0 Å². The van der Waals surface area contributed by atoms with Gasteiger partial charge in [-0.3, -0.25) is 4.79 Å². The van der Waals surface area contributed by atoms with E-state index in [2.05, 4.69) is 10.8 Å². The fourth-order valence-electron chi connectivity index (χ4n) is 3.17. The van der Waals surface area contributed by atoms with Gasteiger partial charge in [0.25, 0.3) is 5.91 Å². The maximum absolute atomic E-state index is 13.0. The molecule has 1 aromatic carbocycles. The lowest BCUT2D eigenvalue weighted by Crippen LogP contribution is -2.35. The average molecular weight is 379 g/mol. The number of benzene rings is 1. The van der Waals surface area contributed by atoms with Crippen molar-refractivity contribution in [1.29, 1.82) is 0 Å². The molecule has 0 saturated heterocycles. The van der Waals surface area contributed by atoms with Crippen LogP contribution in [0.5, 0.6) is 0 Å². The zero-order valence-electron chi connectivity index (χ0n) is 14.4. The van der Waals surface area contributed by atoms with E-state index in [9.17, 15) is 13.2 Å². The Morgan fingerprint density at radius 2 is 2.08 bits per heavy atom. The summed E-state index contributed by atoms with van der Waals surface area (Å²) in [6.07, 6.45) is 3.71. The minimum absolute atomic E-state index is 0.0302. The van der Waals surface area contributed by atoms with E-state index in [4.69, 9.17) is 0 Å². The fraction of sp³-hybridized carbons (Fsp3) is 0.389. The molecule has 7 heteroatoms. The van der Waals surface area contributed by atoms with Crippen LogP contribution in [0.3, 0.4) is 0 Å². The zero-order chi connectivity index (χ0) is 18.0. The van der Waals surface area contributed by atoms with Crippen molar-refractivity contribution in [3.8, 4) is 0 Å². The largest absolute Gasteiger partial charge is 0.307 e. The summed E-state index contributed by atoms with van der Waals surface area (Å²) in [5.41, 5.74) is 3.40. The van der Waals surface area contributed by atoms with Crippen LogP contribution in [0.4, 0.5) is 5.69 Å². The van der Waals surface area contributed by atoms with Gasteiger partial charge in [0, 0.05) is 18.0 Å². The first kappa shape index (κ1) is 18.1. The normalized spacial score (nSPS) is 14.4. The molecule has 0 saturated carbocycles. The van der Waals surface area contributed by atoms with Crippen LogP contribution >= 0.6 is 11.3 Å². The van der Waals surface area contributed by atoms with Gasteiger partial charge in [-0.15, -0.1) is 11.3 Å². The van der Waals surface area contributed by atoms with E-state index in [1.165, 1.54) is 16.9 Å². The molecule has 1 N–H and O–H groups in total. The van der Waals surface area contributed by atoms with Crippen molar-refractivity contribution < 1.29 is 13.2 Å². The molecule has 0 fully saturated rings. The third kappa shape index (κ3) is 4.29. The second-order valence-corrected chi connectivity index (χ2v) is 9.33. The van der Waals surface area contributed by atoms with Crippen LogP contribution in [0.2, 0.25) is 0 Å². The van der Waals surface area contributed by atoms with Crippen LogP contribution in [0, 0.1) is 6.92 Å². The number of nitrogens with zero attached hydrogens (tertiary/aromatic N) is 1. The molecule has 0 unspecified atom stereocenters. The van der Waals surface area contributed by atoms with E-state index in [-0.39, 0.29) is 5.91 Å². The van der Waals surface area contributed by atoms with E-state index < -0.39 is 10.0 Å². The zero-order valence-corrected chi connectivity index (χ0v) is 16.0. The van der Waals surface area contributed by atoms with Gasteiger partial charge in [0.05, 0.1) is 16.8 Å². The summed E-state index contributed by atoms with van der Waals surface area (Å²) >= 11 is 1.44. The van der Waals surface area contributed by atoms with Crippen LogP contribution in [0.15, 0.2) is 30.3 Å². The predicted octanol–water partition coefficient (Wildman–Crippen LogP) is 2.74. The summed E-state index contributed by atoms with van der Waals surface area (Å²) in [5, 5.41) is 0. The van der Waals surface area contributed by atoms with Crippen LogP contribution in [-0.4, -0.2) is 33.7 Å². The number of carbonyl (C=O) groups is 1.